The van der Waals surface area contributed by atoms with E-state index in [1.807, 2.05) is 6.07 Å². The Labute approximate surface area is 141 Å². The van der Waals surface area contributed by atoms with Gasteiger partial charge in [-0.1, -0.05) is 23.7 Å². The van der Waals surface area contributed by atoms with E-state index in [1.165, 1.54) is 6.07 Å². The lowest BCUT2D eigenvalue weighted by Crippen LogP contribution is -2.28. The molecule has 0 saturated heterocycles. The van der Waals surface area contributed by atoms with Crippen molar-refractivity contribution in [2.75, 3.05) is 6.54 Å². The molecule has 2 aromatic rings. The van der Waals surface area contributed by atoms with Gasteiger partial charge in [0.1, 0.15) is 5.75 Å². The molecule has 0 fully saturated rings. The maximum atomic E-state index is 9.46. The lowest BCUT2D eigenvalue weighted by molar-refractivity contribution is 0.403. The van der Waals surface area contributed by atoms with E-state index in [-0.39, 0.29) is 17.2 Å². The Morgan fingerprint density at radius 1 is 0.913 bits per heavy atom. The average molecular weight is 336 g/mol. The smallest absolute Gasteiger partial charge is 0.157 e. The SMILES string of the molecule is CC(CCc1ccc(O)c(Cl)c1)NCCc1ccc(O)c(O)c1. The van der Waals surface area contributed by atoms with Gasteiger partial charge in [0.25, 0.3) is 0 Å². The maximum absolute atomic E-state index is 9.46. The number of halogens is 1. The first-order chi connectivity index (χ1) is 11.0. The summed E-state index contributed by atoms with van der Waals surface area (Å²) in [5, 5.41) is 32.0. The molecule has 2 aromatic carbocycles. The van der Waals surface area contributed by atoms with Crippen molar-refractivity contribution in [3.8, 4) is 17.2 Å². The summed E-state index contributed by atoms with van der Waals surface area (Å²) in [6.45, 7) is 2.91. The summed E-state index contributed by atoms with van der Waals surface area (Å²) in [5.74, 6) is -0.0684. The highest BCUT2D eigenvalue weighted by molar-refractivity contribution is 6.32. The highest BCUT2D eigenvalue weighted by Crippen LogP contribution is 2.25. The number of benzene rings is 2. The predicted octanol–water partition coefficient (Wildman–Crippen LogP) is 3.61. The first kappa shape index (κ1) is 17.4. The van der Waals surface area contributed by atoms with Crippen LogP contribution in [0.25, 0.3) is 0 Å². The van der Waals surface area contributed by atoms with Crippen molar-refractivity contribution in [2.24, 2.45) is 0 Å². The van der Waals surface area contributed by atoms with Gasteiger partial charge in [0.15, 0.2) is 11.5 Å². The number of hydrogen-bond donors (Lipinski definition) is 4. The zero-order chi connectivity index (χ0) is 16.8. The summed E-state index contributed by atoms with van der Waals surface area (Å²) in [5.41, 5.74) is 2.08. The number of phenolic OH excluding ortho intramolecular Hbond substituents is 3. The van der Waals surface area contributed by atoms with Crippen molar-refractivity contribution in [1.29, 1.82) is 0 Å². The molecule has 0 aliphatic rings. The van der Waals surface area contributed by atoms with Crippen LogP contribution in [0.1, 0.15) is 24.5 Å². The van der Waals surface area contributed by atoms with Crippen LogP contribution in [0.4, 0.5) is 0 Å². The molecule has 0 aliphatic heterocycles. The standard InChI is InChI=1S/C18H22ClNO3/c1-12(2-3-13-4-6-16(21)15(19)10-13)20-9-8-14-5-7-17(22)18(23)11-14/h4-7,10-12,20-23H,2-3,8-9H2,1H3. The fraction of sp³-hybridized carbons (Fsp3) is 0.333. The Hall–Kier alpha value is -1.91. The van der Waals surface area contributed by atoms with Crippen LogP contribution in [0.15, 0.2) is 36.4 Å². The molecule has 0 heterocycles. The minimum absolute atomic E-state index is 0.0836. The van der Waals surface area contributed by atoms with Crippen molar-refractivity contribution in [1.82, 2.24) is 5.32 Å². The fourth-order valence-electron chi connectivity index (χ4n) is 2.38. The quantitative estimate of drug-likeness (QED) is 0.583. The van der Waals surface area contributed by atoms with Crippen molar-refractivity contribution >= 4 is 11.6 Å². The molecule has 0 amide bonds. The molecule has 0 aliphatic carbocycles. The monoisotopic (exact) mass is 335 g/mol. The summed E-state index contributed by atoms with van der Waals surface area (Å²) in [4.78, 5) is 0. The summed E-state index contributed by atoms with van der Waals surface area (Å²) in [6, 6.07) is 10.5. The second-order valence-electron chi connectivity index (χ2n) is 5.75. The van der Waals surface area contributed by atoms with Crippen molar-refractivity contribution in [2.45, 2.75) is 32.2 Å². The van der Waals surface area contributed by atoms with Gasteiger partial charge in [0.05, 0.1) is 5.02 Å². The molecule has 0 saturated carbocycles. The van der Waals surface area contributed by atoms with Gasteiger partial charge in [-0.05, 0) is 68.1 Å². The van der Waals surface area contributed by atoms with Gasteiger partial charge in [-0.3, -0.25) is 0 Å². The molecule has 0 bridgehead atoms. The van der Waals surface area contributed by atoms with Crippen LogP contribution < -0.4 is 5.32 Å². The van der Waals surface area contributed by atoms with Crippen molar-refractivity contribution in [3.63, 3.8) is 0 Å². The van der Waals surface area contributed by atoms with Gasteiger partial charge in [0, 0.05) is 6.04 Å². The average Bonchev–Trinajstić information content (AvgIpc) is 2.52. The third-order valence-electron chi connectivity index (χ3n) is 3.82. The topological polar surface area (TPSA) is 72.7 Å². The highest BCUT2D eigenvalue weighted by atomic mass is 35.5. The lowest BCUT2D eigenvalue weighted by Gasteiger charge is -2.14. The van der Waals surface area contributed by atoms with E-state index < -0.39 is 0 Å². The third kappa shape index (κ3) is 5.34. The molecule has 0 spiro atoms. The lowest BCUT2D eigenvalue weighted by atomic mass is 10.1. The molecule has 4 nitrogen and oxygen atoms in total. The van der Waals surface area contributed by atoms with Gasteiger partial charge >= 0.3 is 0 Å². The second-order valence-corrected chi connectivity index (χ2v) is 6.16. The van der Waals surface area contributed by atoms with Gasteiger partial charge < -0.3 is 20.6 Å². The number of rotatable bonds is 7. The zero-order valence-corrected chi connectivity index (χ0v) is 13.8. The summed E-state index contributed by atoms with van der Waals surface area (Å²) in [6.07, 6.45) is 2.62. The number of aromatic hydroxyl groups is 3. The number of aryl methyl sites for hydroxylation is 1. The van der Waals surface area contributed by atoms with E-state index >= 15 is 0 Å². The Morgan fingerprint density at radius 2 is 1.57 bits per heavy atom. The van der Waals surface area contributed by atoms with E-state index in [9.17, 15) is 15.3 Å². The molecule has 4 N–H and O–H groups in total. The van der Waals surface area contributed by atoms with Crippen molar-refractivity contribution < 1.29 is 15.3 Å². The highest BCUT2D eigenvalue weighted by Gasteiger charge is 2.05. The minimum Gasteiger partial charge on any atom is -0.506 e. The largest absolute Gasteiger partial charge is 0.506 e. The van der Waals surface area contributed by atoms with Crippen LogP contribution >= 0.6 is 11.6 Å². The summed E-state index contributed by atoms with van der Waals surface area (Å²) < 4.78 is 0. The molecule has 1 atom stereocenters. The molecular weight excluding hydrogens is 314 g/mol. The molecule has 1 unspecified atom stereocenters. The summed E-state index contributed by atoms with van der Waals surface area (Å²) in [7, 11) is 0. The molecular formula is C18H22ClNO3. The zero-order valence-electron chi connectivity index (χ0n) is 13.1. The molecule has 23 heavy (non-hydrogen) atoms. The van der Waals surface area contributed by atoms with Gasteiger partial charge in [-0.15, -0.1) is 0 Å². The van der Waals surface area contributed by atoms with E-state index in [0.29, 0.717) is 11.1 Å². The Morgan fingerprint density at radius 3 is 2.22 bits per heavy atom. The normalized spacial score (nSPS) is 12.3. The van der Waals surface area contributed by atoms with Crippen LogP contribution in [-0.4, -0.2) is 27.9 Å². The van der Waals surface area contributed by atoms with Crippen LogP contribution in [0.3, 0.4) is 0 Å². The van der Waals surface area contributed by atoms with E-state index in [0.717, 1.165) is 36.9 Å². The van der Waals surface area contributed by atoms with E-state index in [4.69, 9.17) is 11.6 Å². The third-order valence-corrected chi connectivity index (χ3v) is 4.13. The first-order valence-electron chi connectivity index (χ1n) is 7.67. The molecule has 5 heteroatoms. The molecule has 124 valence electrons. The Bertz CT molecular complexity index is 661. The van der Waals surface area contributed by atoms with Gasteiger partial charge in [-0.2, -0.15) is 0 Å². The maximum Gasteiger partial charge on any atom is 0.157 e. The van der Waals surface area contributed by atoms with Crippen LogP contribution in [-0.2, 0) is 12.8 Å². The number of hydrogen-bond acceptors (Lipinski definition) is 4. The number of nitrogens with one attached hydrogen (secondary N) is 1. The summed E-state index contributed by atoms with van der Waals surface area (Å²) >= 11 is 5.90. The Kier molecular flexibility index (Phi) is 6.13. The molecule has 2 rings (SSSR count). The molecule has 0 radical (unpaired) electrons. The second kappa shape index (κ2) is 8.09. The van der Waals surface area contributed by atoms with Crippen LogP contribution in [0.5, 0.6) is 17.2 Å². The van der Waals surface area contributed by atoms with Gasteiger partial charge in [0.2, 0.25) is 0 Å². The fourth-order valence-corrected chi connectivity index (χ4v) is 2.58. The van der Waals surface area contributed by atoms with Crippen LogP contribution in [0.2, 0.25) is 5.02 Å². The first-order valence-corrected chi connectivity index (χ1v) is 8.05. The van der Waals surface area contributed by atoms with Gasteiger partial charge in [-0.25, -0.2) is 0 Å². The Balaban J connectivity index is 1.73. The predicted molar refractivity (Wildman–Crippen MR) is 92.4 cm³/mol. The molecule has 0 aromatic heterocycles. The van der Waals surface area contributed by atoms with E-state index in [2.05, 4.69) is 12.2 Å². The minimum atomic E-state index is -0.0948. The van der Waals surface area contributed by atoms with Crippen molar-refractivity contribution in [3.05, 3.63) is 52.5 Å². The number of phenols is 3. The van der Waals surface area contributed by atoms with Crippen LogP contribution in [0, 0.1) is 0 Å². The van der Waals surface area contributed by atoms with E-state index in [1.54, 1.807) is 24.3 Å².